The Hall–Kier alpha value is -0.0800. The van der Waals surface area contributed by atoms with Gasteiger partial charge in [-0.2, -0.15) is 0 Å². The molecule has 84 valence electrons. The van der Waals surface area contributed by atoms with Crippen molar-refractivity contribution < 1.29 is 0 Å². The number of halogens is 1. The average molecular weight is 287 g/mol. The second-order valence-electron chi connectivity index (χ2n) is 3.74. The Kier molecular flexibility index (Phi) is 6.26. The highest BCUT2D eigenvalue weighted by molar-refractivity contribution is 9.11. The molecular weight excluding hydrogens is 268 g/mol. The van der Waals surface area contributed by atoms with Gasteiger partial charge in [0, 0.05) is 4.88 Å². The van der Waals surface area contributed by atoms with Crippen LogP contribution < -0.4 is 0 Å². The van der Waals surface area contributed by atoms with Crippen molar-refractivity contribution in [3.05, 3.63) is 32.9 Å². The molecular formula is C13H19BrS. The first-order chi connectivity index (χ1) is 7.27. The zero-order chi connectivity index (χ0) is 11.1. The summed E-state index contributed by atoms with van der Waals surface area (Å²) < 4.78 is 1.25. The van der Waals surface area contributed by atoms with Crippen LogP contribution in [0.15, 0.2) is 28.1 Å². The first-order valence-corrected chi connectivity index (χ1v) is 7.29. The second kappa shape index (κ2) is 7.24. The van der Waals surface area contributed by atoms with Gasteiger partial charge >= 0.3 is 0 Å². The molecule has 2 heteroatoms. The van der Waals surface area contributed by atoms with E-state index in [1.807, 2.05) is 11.3 Å². The van der Waals surface area contributed by atoms with Gasteiger partial charge in [0.15, 0.2) is 0 Å². The fraction of sp³-hybridized carbons (Fsp3) is 0.538. The van der Waals surface area contributed by atoms with Gasteiger partial charge in [-0.3, -0.25) is 0 Å². The van der Waals surface area contributed by atoms with Crippen LogP contribution in [0.2, 0.25) is 0 Å². The molecule has 0 aromatic carbocycles. The smallest absolute Gasteiger partial charge is 0.0701 e. The Balaban J connectivity index is 2.61. The third kappa shape index (κ3) is 4.52. The summed E-state index contributed by atoms with van der Waals surface area (Å²) in [7, 11) is 0. The fourth-order valence-corrected chi connectivity index (χ4v) is 3.27. The summed E-state index contributed by atoms with van der Waals surface area (Å²) in [5.74, 6) is 0.717. The van der Waals surface area contributed by atoms with E-state index in [4.69, 9.17) is 0 Å². The highest BCUT2D eigenvalue weighted by Crippen LogP contribution is 2.33. The van der Waals surface area contributed by atoms with Crippen LogP contribution in [0.4, 0.5) is 0 Å². The minimum Gasteiger partial charge on any atom is -0.133 e. The quantitative estimate of drug-likeness (QED) is 0.584. The summed E-state index contributed by atoms with van der Waals surface area (Å²) in [5.41, 5.74) is 0. The van der Waals surface area contributed by atoms with Crippen molar-refractivity contribution in [2.24, 2.45) is 0 Å². The lowest BCUT2D eigenvalue weighted by atomic mass is 9.98. The number of allylic oxidation sites excluding steroid dienone is 2. The van der Waals surface area contributed by atoms with E-state index in [0.29, 0.717) is 5.92 Å². The standard InChI is InChI=1S/C13H19BrS/c1-3-5-6-8-11(7-4-2)12-9-10-13(14)15-12/h5-6,9-11H,3-4,7-8H2,1-2H3/b6-5-. The molecule has 0 radical (unpaired) electrons. The molecule has 0 N–H and O–H groups in total. The number of thiophene rings is 1. The van der Waals surface area contributed by atoms with Crippen LogP contribution >= 0.6 is 27.3 Å². The zero-order valence-electron chi connectivity index (χ0n) is 9.50. The van der Waals surface area contributed by atoms with Gasteiger partial charge in [0.2, 0.25) is 0 Å². The van der Waals surface area contributed by atoms with E-state index in [2.05, 4.69) is 54.1 Å². The Morgan fingerprint density at radius 1 is 1.33 bits per heavy atom. The molecule has 1 atom stereocenters. The molecule has 0 aliphatic heterocycles. The number of hydrogen-bond donors (Lipinski definition) is 0. The van der Waals surface area contributed by atoms with E-state index in [-0.39, 0.29) is 0 Å². The van der Waals surface area contributed by atoms with E-state index < -0.39 is 0 Å². The van der Waals surface area contributed by atoms with Gasteiger partial charge in [0.1, 0.15) is 0 Å². The maximum atomic E-state index is 3.53. The highest BCUT2D eigenvalue weighted by Gasteiger charge is 2.10. The lowest BCUT2D eigenvalue weighted by Gasteiger charge is -2.11. The topological polar surface area (TPSA) is 0 Å². The third-order valence-corrected chi connectivity index (χ3v) is 4.24. The van der Waals surface area contributed by atoms with Crippen LogP contribution in [-0.2, 0) is 0 Å². The van der Waals surface area contributed by atoms with E-state index >= 15 is 0 Å². The van der Waals surface area contributed by atoms with E-state index in [9.17, 15) is 0 Å². The van der Waals surface area contributed by atoms with Crippen LogP contribution in [0.3, 0.4) is 0 Å². The van der Waals surface area contributed by atoms with Gasteiger partial charge in [-0.05, 0) is 53.2 Å². The highest BCUT2D eigenvalue weighted by atomic mass is 79.9. The molecule has 1 heterocycles. The second-order valence-corrected chi connectivity index (χ2v) is 6.24. The first-order valence-electron chi connectivity index (χ1n) is 5.68. The van der Waals surface area contributed by atoms with Crippen LogP contribution in [0.1, 0.15) is 50.3 Å². The molecule has 1 aromatic heterocycles. The van der Waals surface area contributed by atoms with Gasteiger partial charge in [0.25, 0.3) is 0 Å². The molecule has 0 bridgehead atoms. The minimum atomic E-state index is 0.717. The Morgan fingerprint density at radius 2 is 2.13 bits per heavy atom. The van der Waals surface area contributed by atoms with Gasteiger partial charge in [-0.15, -0.1) is 11.3 Å². The van der Waals surface area contributed by atoms with Crippen LogP contribution in [0, 0.1) is 0 Å². The molecule has 0 aliphatic carbocycles. The van der Waals surface area contributed by atoms with Gasteiger partial charge in [0.05, 0.1) is 3.79 Å². The van der Waals surface area contributed by atoms with Gasteiger partial charge in [-0.25, -0.2) is 0 Å². The molecule has 0 fully saturated rings. The fourth-order valence-electron chi connectivity index (χ4n) is 1.70. The summed E-state index contributed by atoms with van der Waals surface area (Å²) in [5, 5.41) is 0. The Morgan fingerprint density at radius 3 is 2.67 bits per heavy atom. The lowest BCUT2D eigenvalue weighted by Crippen LogP contribution is -1.93. The lowest BCUT2D eigenvalue weighted by molar-refractivity contribution is 0.629. The van der Waals surface area contributed by atoms with Crippen molar-refractivity contribution in [2.45, 2.75) is 45.4 Å². The molecule has 1 unspecified atom stereocenters. The molecule has 0 spiro atoms. The van der Waals surface area contributed by atoms with E-state index in [1.54, 1.807) is 0 Å². The normalized spacial score (nSPS) is 13.5. The Bertz CT molecular complexity index is 301. The predicted molar refractivity (Wildman–Crippen MR) is 73.7 cm³/mol. The van der Waals surface area contributed by atoms with Crippen molar-refractivity contribution in [3.8, 4) is 0 Å². The van der Waals surface area contributed by atoms with E-state index in [1.165, 1.54) is 27.9 Å². The molecule has 0 saturated carbocycles. The molecule has 0 aliphatic rings. The molecule has 1 aromatic rings. The summed E-state index contributed by atoms with van der Waals surface area (Å²) >= 11 is 5.41. The van der Waals surface area contributed by atoms with Gasteiger partial charge in [-0.1, -0.05) is 32.4 Å². The van der Waals surface area contributed by atoms with E-state index in [0.717, 1.165) is 6.42 Å². The molecule has 15 heavy (non-hydrogen) atoms. The molecule has 1 rings (SSSR count). The molecule has 0 amide bonds. The zero-order valence-corrected chi connectivity index (χ0v) is 11.9. The summed E-state index contributed by atoms with van der Waals surface area (Å²) in [6.45, 7) is 4.45. The summed E-state index contributed by atoms with van der Waals surface area (Å²) in [6.07, 6.45) is 9.49. The Labute approximate surface area is 106 Å². The summed E-state index contributed by atoms with van der Waals surface area (Å²) in [4.78, 5) is 1.52. The van der Waals surface area contributed by atoms with Crippen molar-refractivity contribution in [1.29, 1.82) is 0 Å². The SMILES string of the molecule is CC/C=C\CC(CCC)c1ccc(Br)s1. The monoisotopic (exact) mass is 286 g/mol. The third-order valence-electron chi connectivity index (χ3n) is 2.46. The maximum Gasteiger partial charge on any atom is 0.0701 e. The van der Waals surface area contributed by atoms with Crippen molar-refractivity contribution in [2.75, 3.05) is 0 Å². The number of rotatable bonds is 6. The summed E-state index contributed by atoms with van der Waals surface area (Å²) in [6, 6.07) is 4.42. The average Bonchev–Trinajstić information content (AvgIpc) is 2.64. The molecule has 0 saturated heterocycles. The van der Waals surface area contributed by atoms with Crippen molar-refractivity contribution in [3.63, 3.8) is 0 Å². The van der Waals surface area contributed by atoms with Crippen LogP contribution in [0.25, 0.3) is 0 Å². The van der Waals surface area contributed by atoms with Crippen LogP contribution in [0.5, 0.6) is 0 Å². The maximum absolute atomic E-state index is 3.53. The van der Waals surface area contributed by atoms with Crippen LogP contribution in [-0.4, -0.2) is 0 Å². The van der Waals surface area contributed by atoms with Gasteiger partial charge < -0.3 is 0 Å². The largest absolute Gasteiger partial charge is 0.133 e. The van der Waals surface area contributed by atoms with Crippen molar-refractivity contribution >= 4 is 27.3 Å². The number of hydrogen-bond acceptors (Lipinski definition) is 1. The minimum absolute atomic E-state index is 0.717. The van der Waals surface area contributed by atoms with Crippen molar-refractivity contribution in [1.82, 2.24) is 0 Å². The molecule has 0 nitrogen and oxygen atoms in total. The predicted octanol–water partition coefficient (Wildman–Crippen LogP) is 5.75. The first kappa shape index (κ1) is 13.0.